The second-order valence-corrected chi connectivity index (χ2v) is 9.49. The minimum absolute atomic E-state index is 0.0383. The number of urea groups is 1. The van der Waals surface area contributed by atoms with Crippen LogP contribution in [0.1, 0.15) is 56.5 Å². The standard InChI is InChI=1S/C31H22F3N3O6/c1-18-26(28(38)24-7-4-14-42-24)27(20-10-8-19(16-35)9-11-20)36(17-23-12-13-25(43-23)29(39)41-2)30(40)37(18)22-6-3-5-21(15-22)31(32,33)34/h3-15,27H,17H2,1-2H3. The molecule has 0 spiro atoms. The van der Waals surface area contributed by atoms with E-state index in [-0.39, 0.29) is 40.8 Å². The van der Waals surface area contributed by atoms with Crippen LogP contribution < -0.4 is 4.90 Å². The van der Waals surface area contributed by atoms with Crippen molar-refractivity contribution in [2.45, 2.75) is 25.7 Å². The summed E-state index contributed by atoms with van der Waals surface area (Å²) in [6.07, 6.45) is -3.39. The molecule has 0 bridgehead atoms. The number of furan rings is 2. The zero-order chi connectivity index (χ0) is 30.9. The highest BCUT2D eigenvalue weighted by atomic mass is 19.4. The Kier molecular flexibility index (Phi) is 7.65. The van der Waals surface area contributed by atoms with Crippen molar-refractivity contribution in [1.29, 1.82) is 5.26 Å². The van der Waals surface area contributed by atoms with Gasteiger partial charge in [-0.2, -0.15) is 18.4 Å². The second kappa shape index (κ2) is 11.4. The number of esters is 1. The predicted octanol–water partition coefficient (Wildman–Crippen LogP) is 6.89. The van der Waals surface area contributed by atoms with Gasteiger partial charge in [0, 0.05) is 5.70 Å². The Morgan fingerprint density at radius 3 is 2.40 bits per heavy atom. The fraction of sp³-hybridized carbons (Fsp3) is 0.161. The summed E-state index contributed by atoms with van der Waals surface area (Å²) in [5.41, 5.74) is -0.233. The van der Waals surface area contributed by atoms with E-state index in [1.807, 2.05) is 6.07 Å². The Balaban J connectivity index is 1.73. The number of carbonyl (C=O) groups is 3. The molecule has 3 heterocycles. The van der Waals surface area contributed by atoms with Gasteiger partial charge in [-0.15, -0.1) is 0 Å². The molecule has 0 saturated heterocycles. The molecule has 2 aromatic heterocycles. The van der Waals surface area contributed by atoms with Crippen LogP contribution in [0.5, 0.6) is 0 Å². The number of Topliss-reactive ketones (excluding diaryl/α,β-unsaturated/α-hetero) is 1. The average Bonchev–Trinajstić information content (AvgIpc) is 3.71. The molecule has 4 aromatic rings. The van der Waals surface area contributed by atoms with E-state index in [9.17, 15) is 32.8 Å². The van der Waals surface area contributed by atoms with E-state index in [1.54, 1.807) is 12.1 Å². The highest BCUT2D eigenvalue weighted by Gasteiger charge is 2.44. The van der Waals surface area contributed by atoms with E-state index in [4.69, 9.17) is 8.83 Å². The van der Waals surface area contributed by atoms with Crippen LogP contribution in [-0.4, -0.2) is 29.8 Å². The van der Waals surface area contributed by atoms with Gasteiger partial charge in [-0.05, 0) is 67.1 Å². The molecule has 12 heteroatoms. The molecule has 0 radical (unpaired) electrons. The lowest BCUT2D eigenvalue weighted by molar-refractivity contribution is -0.137. The number of carbonyl (C=O) groups excluding carboxylic acids is 3. The normalized spacial score (nSPS) is 15.4. The molecule has 0 fully saturated rings. The summed E-state index contributed by atoms with van der Waals surface area (Å²) in [5.74, 6) is -1.42. The fourth-order valence-corrected chi connectivity index (χ4v) is 4.90. The van der Waals surface area contributed by atoms with Gasteiger partial charge in [0.25, 0.3) is 0 Å². The van der Waals surface area contributed by atoms with E-state index in [2.05, 4.69) is 4.74 Å². The Hall–Kier alpha value is -5.57. The summed E-state index contributed by atoms with van der Waals surface area (Å²) in [6, 6.07) is 16.3. The van der Waals surface area contributed by atoms with Crippen LogP contribution in [0.15, 0.2) is 99.2 Å². The van der Waals surface area contributed by atoms with Gasteiger partial charge in [0.15, 0.2) is 5.76 Å². The third kappa shape index (κ3) is 5.52. The summed E-state index contributed by atoms with van der Waals surface area (Å²) < 4.78 is 56.7. The first-order valence-corrected chi connectivity index (χ1v) is 12.8. The number of ketones is 1. The molecule has 218 valence electrons. The minimum Gasteiger partial charge on any atom is -0.463 e. The Bertz CT molecular complexity index is 1760. The van der Waals surface area contributed by atoms with Crippen molar-refractivity contribution in [2.24, 2.45) is 0 Å². The third-order valence-electron chi connectivity index (χ3n) is 6.90. The van der Waals surface area contributed by atoms with E-state index in [1.165, 1.54) is 73.7 Å². The van der Waals surface area contributed by atoms with Crippen LogP contribution in [0, 0.1) is 11.3 Å². The quantitative estimate of drug-likeness (QED) is 0.170. The van der Waals surface area contributed by atoms with Crippen molar-refractivity contribution >= 4 is 23.5 Å². The highest BCUT2D eigenvalue weighted by Crippen LogP contribution is 2.43. The van der Waals surface area contributed by atoms with E-state index in [0.29, 0.717) is 11.1 Å². The third-order valence-corrected chi connectivity index (χ3v) is 6.90. The van der Waals surface area contributed by atoms with E-state index >= 15 is 0 Å². The summed E-state index contributed by atoms with van der Waals surface area (Å²) >= 11 is 0. The van der Waals surface area contributed by atoms with Crippen molar-refractivity contribution < 1.29 is 41.1 Å². The molecule has 1 unspecified atom stereocenters. The van der Waals surface area contributed by atoms with Crippen LogP contribution in [0.3, 0.4) is 0 Å². The van der Waals surface area contributed by atoms with Crippen LogP contribution >= 0.6 is 0 Å². The molecule has 9 nitrogen and oxygen atoms in total. The average molecular weight is 590 g/mol. The second-order valence-electron chi connectivity index (χ2n) is 9.49. The Morgan fingerprint density at radius 1 is 1.02 bits per heavy atom. The molecule has 0 saturated carbocycles. The van der Waals surface area contributed by atoms with Crippen molar-refractivity contribution in [2.75, 3.05) is 12.0 Å². The van der Waals surface area contributed by atoms with Gasteiger partial charge in [-0.1, -0.05) is 18.2 Å². The fourth-order valence-electron chi connectivity index (χ4n) is 4.90. The largest absolute Gasteiger partial charge is 0.463 e. The number of methoxy groups -OCH3 is 1. The smallest absolute Gasteiger partial charge is 0.416 e. The van der Waals surface area contributed by atoms with Crippen LogP contribution in [-0.2, 0) is 17.5 Å². The lowest BCUT2D eigenvalue weighted by atomic mass is 9.88. The molecule has 43 heavy (non-hydrogen) atoms. The SMILES string of the molecule is COC(=O)c1ccc(CN2C(=O)N(c3cccc(C(F)(F)F)c3)C(C)=C(C(=O)c3ccco3)C2c2ccc(C#N)cc2)o1. The van der Waals surface area contributed by atoms with Crippen molar-refractivity contribution in [3.05, 3.63) is 124 Å². The first-order chi connectivity index (χ1) is 20.5. The number of ether oxygens (including phenoxy) is 1. The number of anilines is 1. The van der Waals surface area contributed by atoms with Gasteiger partial charge in [0.2, 0.25) is 11.5 Å². The van der Waals surface area contributed by atoms with Crippen molar-refractivity contribution in [3.8, 4) is 6.07 Å². The lowest BCUT2D eigenvalue weighted by Gasteiger charge is -2.43. The van der Waals surface area contributed by atoms with Gasteiger partial charge in [0.1, 0.15) is 5.76 Å². The topological polar surface area (TPSA) is 117 Å². The number of amides is 2. The van der Waals surface area contributed by atoms with Gasteiger partial charge in [-0.3, -0.25) is 9.69 Å². The minimum atomic E-state index is -4.69. The monoisotopic (exact) mass is 589 g/mol. The zero-order valence-electron chi connectivity index (χ0n) is 22.7. The van der Waals surface area contributed by atoms with Crippen molar-refractivity contribution in [1.82, 2.24) is 4.90 Å². The molecule has 0 N–H and O–H groups in total. The molecule has 2 aromatic carbocycles. The maximum Gasteiger partial charge on any atom is 0.416 e. The first-order valence-electron chi connectivity index (χ1n) is 12.8. The van der Waals surface area contributed by atoms with Crippen molar-refractivity contribution in [3.63, 3.8) is 0 Å². The molecule has 2 amide bonds. The summed E-state index contributed by atoms with van der Waals surface area (Å²) in [7, 11) is 1.17. The van der Waals surface area contributed by atoms with Crippen LogP contribution in [0.2, 0.25) is 0 Å². The summed E-state index contributed by atoms with van der Waals surface area (Å²) in [4.78, 5) is 42.5. The number of halogens is 3. The van der Waals surface area contributed by atoms with Gasteiger partial charge in [-0.25, -0.2) is 9.59 Å². The number of nitrogens with zero attached hydrogens (tertiary/aromatic N) is 3. The van der Waals surface area contributed by atoms with Crippen LogP contribution in [0.25, 0.3) is 0 Å². The molecular formula is C31H22F3N3O6. The number of allylic oxidation sites excluding steroid dienone is 1. The molecule has 1 atom stereocenters. The Labute approximate surface area is 243 Å². The molecule has 1 aliphatic rings. The van der Waals surface area contributed by atoms with Gasteiger partial charge in [0.05, 0.1) is 54.4 Å². The molecule has 0 aliphatic carbocycles. The predicted molar refractivity (Wildman–Crippen MR) is 145 cm³/mol. The summed E-state index contributed by atoms with van der Waals surface area (Å²) in [5, 5.41) is 9.32. The highest BCUT2D eigenvalue weighted by molar-refractivity contribution is 6.12. The lowest BCUT2D eigenvalue weighted by Crippen LogP contribution is -2.50. The first kappa shape index (κ1) is 28.9. The number of benzene rings is 2. The van der Waals surface area contributed by atoms with Gasteiger partial charge >= 0.3 is 18.2 Å². The molecular weight excluding hydrogens is 567 g/mol. The zero-order valence-corrected chi connectivity index (χ0v) is 22.7. The molecule has 5 rings (SSSR count). The maximum atomic E-state index is 14.3. The molecule has 1 aliphatic heterocycles. The number of hydrogen-bond donors (Lipinski definition) is 0. The number of rotatable bonds is 7. The summed E-state index contributed by atoms with van der Waals surface area (Å²) in [6.45, 7) is 1.17. The number of alkyl halides is 3. The number of hydrogen-bond acceptors (Lipinski definition) is 7. The van der Waals surface area contributed by atoms with Crippen LogP contribution in [0.4, 0.5) is 23.7 Å². The van der Waals surface area contributed by atoms with E-state index in [0.717, 1.165) is 17.0 Å². The Morgan fingerprint density at radius 2 is 1.77 bits per heavy atom. The van der Waals surface area contributed by atoms with Gasteiger partial charge < -0.3 is 18.5 Å². The maximum absolute atomic E-state index is 14.3. The van der Waals surface area contributed by atoms with E-state index < -0.39 is 35.6 Å². The number of nitriles is 1.